The van der Waals surface area contributed by atoms with Crippen LogP contribution < -0.4 is 14.4 Å². The molecular formula is C26H32N4O3. The van der Waals surface area contributed by atoms with Crippen LogP contribution in [-0.2, 0) is 4.79 Å². The summed E-state index contributed by atoms with van der Waals surface area (Å²) in [5, 5.41) is 9.44. The summed E-state index contributed by atoms with van der Waals surface area (Å²) in [6.07, 6.45) is 2.93. The molecule has 7 heteroatoms. The Balaban J connectivity index is 1.40. The zero-order valence-corrected chi connectivity index (χ0v) is 19.5. The molecule has 0 aromatic heterocycles. The third-order valence-electron chi connectivity index (χ3n) is 6.68. The van der Waals surface area contributed by atoms with Crippen molar-refractivity contribution in [3.8, 4) is 17.6 Å². The Kier molecular flexibility index (Phi) is 7.36. The van der Waals surface area contributed by atoms with E-state index < -0.39 is 0 Å². The number of ether oxygens (including phenoxy) is 2. The van der Waals surface area contributed by atoms with Crippen LogP contribution in [0.2, 0.25) is 0 Å². The lowest BCUT2D eigenvalue weighted by molar-refractivity contribution is -0.133. The highest BCUT2D eigenvalue weighted by molar-refractivity contribution is 5.79. The van der Waals surface area contributed by atoms with Crippen molar-refractivity contribution in [2.75, 3.05) is 58.4 Å². The summed E-state index contributed by atoms with van der Waals surface area (Å²) in [5.41, 5.74) is 2.78. The van der Waals surface area contributed by atoms with Crippen LogP contribution in [0.15, 0.2) is 42.5 Å². The molecule has 0 bridgehead atoms. The van der Waals surface area contributed by atoms with Gasteiger partial charge in [-0.15, -0.1) is 0 Å². The molecule has 33 heavy (non-hydrogen) atoms. The van der Waals surface area contributed by atoms with Gasteiger partial charge in [0.1, 0.15) is 6.07 Å². The monoisotopic (exact) mass is 448 g/mol. The van der Waals surface area contributed by atoms with E-state index in [2.05, 4.69) is 15.9 Å². The minimum Gasteiger partial charge on any atom is -0.493 e. The second-order valence-electron chi connectivity index (χ2n) is 8.61. The van der Waals surface area contributed by atoms with E-state index in [0.717, 1.165) is 63.2 Å². The number of rotatable bonds is 6. The minimum atomic E-state index is 0.0725. The topological polar surface area (TPSA) is 69.0 Å². The number of methoxy groups -OCH3 is 2. The van der Waals surface area contributed by atoms with Crippen LogP contribution in [0.3, 0.4) is 0 Å². The van der Waals surface area contributed by atoms with E-state index >= 15 is 0 Å². The van der Waals surface area contributed by atoms with Gasteiger partial charge < -0.3 is 19.3 Å². The van der Waals surface area contributed by atoms with Crippen LogP contribution in [0.1, 0.15) is 36.4 Å². The molecule has 2 aromatic rings. The van der Waals surface area contributed by atoms with Gasteiger partial charge in [0.25, 0.3) is 0 Å². The molecule has 2 heterocycles. The van der Waals surface area contributed by atoms with Gasteiger partial charge in [0.15, 0.2) is 11.5 Å². The largest absolute Gasteiger partial charge is 0.493 e. The maximum atomic E-state index is 13.3. The lowest BCUT2D eigenvalue weighted by Crippen LogP contribution is -2.41. The van der Waals surface area contributed by atoms with Crippen LogP contribution in [0, 0.1) is 11.3 Å². The Hall–Kier alpha value is -3.24. The second-order valence-corrected chi connectivity index (χ2v) is 8.61. The molecule has 2 aromatic carbocycles. The molecule has 2 saturated heterocycles. The predicted octanol–water partition coefficient (Wildman–Crippen LogP) is 3.45. The maximum absolute atomic E-state index is 13.3. The SMILES string of the molecule is COc1ccc(C2CCCN2C(=O)CN2CCCN(c3ccccc3C#N)CC2)cc1OC. The lowest BCUT2D eigenvalue weighted by atomic mass is 10.0. The summed E-state index contributed by atoms with van der Waals surface area (Å²) in [4.78, 5) is 19.9. The van der Waals surface area contributed by atoms with Crippen molar-refractivity contribution in [2.24, 2.45) is 0 Å². The van der Waals surface area contributed by atoms with Crippen LogP contribution in [0.5, 0.6) is 11.5 Å². The minimum absolute atomic E-state index is 0.0725. The Morgan fingerprint density at radius 2 is 1.82 bits per heavy atom. The standard InChI is InChI=1S/C26H32N4O3/c1-32-24-11-10-20(17-25(24)33-2)23-9-5-14-30(23)26(31)19-28-12-6-13-29(16-15-28)22-8-4-3-7-21(22)18-27/h3-4,7-8,10-11,17,23H,5-6,9,12-16,19H2,1-2H3. The molecule has 2 aliphatic rings. The number of amides is 1. The fourth-order valence-corrected chi connectivity index (χ4v) is 4.97. The van der Waals surface area contributed by atoms with Gasteiger partial charge in [-0.3, -0.25) is 9.69 Å². The molecule has 0 saturated carbocycles. The molecule has 7 nitrogen and oxygen atoms in total. The van der Waals surface area contributed by atoms with Crippen LogP contribution >= 0.6 is 0 Å². The zero-order valence-electron chi connectivity index (χ0n) is 19.5. The lowest BCUT2D eigenvalue weighted by Gasteiger charge is -2.29. The second kappa shape index (κ2) is 10.6. The Labute approximate surface area is 196 Å². The first-order valence-electron chi connectivity index (χ1n) is 11.6. The molecule has 1 unspecified atom stereocenters. The van der Waals surface area contributed by atoms with Gasteiger partial charge in [-0.05, 0) is 49.1 Å². The van der Waals surface area contributed by atoms with Gasteiger partial charge in [0.05, 0.1) is 38.1 Å². The average molecular weight is 449 g/mol. The molecule has 1 amide bonds. The number of para-hydroxylation sites is 1. The van der Waals surface area contributed by atoms with Gasteiger partial charge in [0, 0.05) is 32.7 Å². The van der Waals surface area contributed by atoms with Gasteiger partial charge in [-0.2, -0.15) is 5.26 Å². The van der Waals surface area contributed by atoms with Gasteiger partial charge >= 0.3 is 0 Å². The van der Waals surface area contributed by atoms with Crippen LogP contribution in [-0.4, -0.2) is 69.2 Å². The van der Waals surface area contributed by atoms with Crippen molar-refractivity contribution in [2.45, 2.75) is 25.3 Å². The Morgan fingerprint density at radius 1 is 1.00 bits per heavy atom. The molecular weight excluding hydrogens is 416 g/mol. The van der Waals surface area contributed by atoms with E-state index in [1.54, 1.807) is 14.2 Å². The summed E-state index contributed by atoms with van der Waals surface area (Å²) in [6.45, 7) is 4.60. The highest BCUT2D eigenvalue weighted by atomic mass is 16.5. The summed E-state index contributed by atoms with van der Waals surface area (Å²) in [5.74, 6) is 1.57. The average Bonchev–Trinajstić information content (AvgIpc) is 3.24. The molecule has 1 atom stereocenters. The van der Waals surface area contributed by atoms with Crippen molar-refractivity contribution in [3.05, 3.63) is 53.6 Å². The molecule has 2 fully saturated rings. The number of benzene rings is 2. The highest BCUT2D eigenvalue weighted by Crippen LogP contribution is 2.37. The highest BCUT2D eigenvalue weighted by Gasteiger charge is 2.31. The third-order valence-corrected chi connectivity index (χ3v) is 6.68. The van der Waals surface area contributed by atoms with E-state index in [-0.39, 0.29) is 11.9 Å². The number of hydrogen-bond acceptors (Lipinski definition) is 6. The summed E-state index contributed by atoms with van der Waals surface area (Å²) >= 11 is 0. The molecule has 2 aliphatic heterocycles. The first kappa shape index (κ1) is 22.9. The van der Waals surface area contributed by atoms with E-state index in [4.69, 9.17) is 9.47 Å². The van der Waals surface area contributed by atoms with Gasteiger partial charge in [-0.25, -0.2) is 0 Å². The maximum Gasteiger partial charge on any atom is 0.237 e. The number of carbonyl (C=O) groups is 1. The predicted molar refractivity (Wildman–Crippen MR) is 128 cm³/mol. The third kappa shape index (κ3) is 5.07. The summed E-state index contributed by atoms with van der Waals surface area (Å²) in [7, 11) is 3.26. The fraction of sp³-hybridized carbons (Fsp3) is 0.462. The normalized spacial score (nSPS) is 19.1. The summed E-state index contributed by atoms with van der Waals surface area (Å²) in [6, 6.07) is 16.1. The molecule has 0 radical (unpaired) electrons. The van der Waals surface area contributed by atoms with E-state index in [1.807, 2.05) is 47.4 Å². The number of anilines is 1. The first-order chi connectivity index (χ1) is 16.1. The van der Waals surface area contributed by atoms with Crippen LogP contribution in [0.25, 0.3) is 0 Å². The van der Waals surface area contributed by atoms with Crippen LogP contribution in [0.4, 0.5) is 5.69 Å². The molecule has 0 aliphatic carbocycles. The number of carbonyl (C=O) groups excluding carboxylic acids is 1. The Morgan fingerprint density at radius 3 is 2.61 bits per heavy atom. The first-order valence-corrected chi connectivity index (χ1v) is 11.6. The van der Waals surface area contributed by atoms with Gasteiger partial charge in [-0.1, -0.05) is 18.2 Å². The quantitative estimate of drug-likeness (QED) is 0.674. The molecule has 0 spiro atoms. The van der Waals surface area contributed by atoms with Crippen molar-refractivity contribution in [3.63, 3.8) is 0 Å². The van der Waals surface area contributed by atoms with Crippen molar-refractivity contribution in [1.82, 2.24) is 9.80 Å². The smallest absolute Gasteiger partial charge is 0.237 e. The fourth-order valence-electron chi connectivity index (χ4n) is 4.97. The van der Waals surface area contributed by atoms with Crippen molar-refractivity contribution >= 4 is 11.6 Å². The molecule has 0 N–H and O–H groups in total. The zero-order chi connectivity index (χ0) is 23.2. The van der Waals surface area contributed by atoms with E-state index in [9.17, 15) is 10.1 Å². The van der Waals surface area contributed by atoms with Crippen molar-refractivity contribution in [1.29, 1.82) is 5.26 Å². The van der Waals surface area contributed by atoms with E-state index in [1.165, 1.54) is 0 Å². The van der Waals surface area contributed by atoms with Gasteiger partial charge in [0.2, 0.25) is 5.91 Å². The number of nitriles is 1. The number of nitrogens with zero attached hydrogens (tertiary/aromatic N) is 4. The summed E-state index contributed by atoms with van der Waals surface area (Å²) < 4.78 is 10.8. The molecule has 174 valence electrons. The Bertz CT molecular complexity index is 1020. The van der Waals surface area contributed by atoms with Crippen molar-refractivity contribution < 1.29 is 14.3 Å². The number of hydrogen-bond donors (Lipinski definition) is 0. The molecule has 4 rings (SSSR count). The van der Waals surface area contributed by atoms with E-state index in [0.29, 0.717) is 23.6 Å². The number of likely N-dealkylation sites (tertiary alicyclic amines) is 1.